The van der Waals surface area contributed by atoms with Crippen LogP contribution in [-0.4, -0.2) is 40.9 Å². The van der Waals surface area contributed by atoms with Crippen LogP contribution in [0.1, 0.15) is 26.7 Å². The number of hydrogen-bond donors (Lipinski definition) is 2. The predicted octanol–water partition coefficient (Wildman–Crippen LogP) is 1.17. The molecule has 0 spiro atoms. The third-order valence-electron chi connectivity index (χ3n) is 3.02. The maximum Gasteiger partial charge on any atom is 0.235 e. The quantitative estimate of drug-likeness (QED) is 0.713. The van der Waals surface area contributed by atoms with Gasteiger partial charge in [0.25, 0.3) is 0 Å². The van der Waals surface area contributed by atoms with Crippen molar-refractivity contribution in [3.63, 3.8) is 0 Å². The standard InChI is InChI=1S/C11H21NO2S/c1-8(2)10(15)11(14)12-5-3-9(7-12)4-6-13/h8-10,13,15H,3-7H2,1-2H3. The van der Waals surface area contributed by atoms with Crippen LogP contribution >= 0.6 is 12.6 Å². The van der Waals surface area contributed by atoms with E-state index in [0.717, 1.165) is 25.9 Å². The smallest absolute Gasteiger partial charge is 0.235 e. The predicted molar refractivity (Wildman–Crippen MR) is 64.0 cm³/mol. The Labute approximate surface area is 97.3 Å². The highest BCUT2D eigenvalue weighted by atomic mass is 32.1. The van der Waals surface area contributed by atoms with Crippen molar-refractivity contribution in [3.8, 4) is 0 Å². The maximum absolute atomic E-state index is 11.9. The molecule has 3 nitrogen and oxygen atoms in total. The van der Waals surface area contributed by atoms with Gasteiger partial charge in [0.15, 0.2) is 0 Å². The van der Waals surface area contributed by atoms with E-state index in [0.29, 0.717) is 5.92 Å². The Bertz CT molecular complexity index is 221. The van der Waals surface area contributed by atoms with Crippen LogP contribution in [0.4, 0.5) is 0 Å². The van der Waals surface area contributed by atoms with Gasteiger partial charge in [-0.2, -0.15) is 12.6 Å². The first-order valence-corrected chi connectivity index (χ1v) is 6.15. The Morgan fingerprint density at radius 2 is 2.27 bits per heavy atom. The molecule has 0 aromatic rings. The summed E-state index contributed by atoms with van der Waals surface area (Å²) < 4.78 is 0. The molecule has 1 rings (SSSR count). The van der Waals surface area contributed by atoms with Gasteiger partial charge < -0.3 is 10.0 Å². The van der Waals surface area contributed by atoms with Crippen LogP contribution in [-0.2, 0) is 4.79 Å². The molecule has 0 aliphatic carbocycles. The van der Waals surface area contributed by atoms with Crippen molar-refractivity contribution in [3.05, 3.63) is 0 Å². The Morgan fingerprint density at radius 1 is 1.60 bits per heavy atom. The maximum atomic E-state index is 11.9. The summed E-state index contributed by atoms with van der Waals surface area (Å²) in [5.74, 6) is 0.901. The van der Waals surface area contributed by atoms with Gasteiger partial charge in [-0.15, -0.1) is 0 Å². The van der Waals surface area contributed by atoms with E-state index in [9.17, 15) is 4.79 Å². The molecule has 2 atom stereocenters. The van der Waals surface area contributed by atoms with Crippen LogP contribution in [0.25, 0.3) is 0 Å². The van der Waals surface area contributed by atoms with Crippen LogP contribution in [0.2, 0.25) is 0 Å². The Balaban J connectivity index is 2.43. The van der Waals surface area contributed by atoms with Crippen LogP contribution < -0.4 is 0 Å². The van der Waals surface area contributed by atoms with Crippen molar-refractivity contribution in [1.82, 2.24) is 4.90 Å². The lowest BCUT2D eigenvalue weighted by Gasteiger charge is -2.22. The zero-order valence-electron chi connectivity index (χ0n) is 9.52. The molecule has 1 heterocycles. The molecule has 1 saturated heterocycles. The topological polar surface area (TPSA) is 40.5 Å². The number of likely N-dealkylation sites (tertiary alicyclic amines) is 1. The molecule has 88 valence electrons. The van der Waals surface area contributed by atoms with Gasteiger partial charge >= 0.3 is 0 Å². The molecule has 15 heavy (non-hydrogen) atoms. The second-order valence-electron chi connectivity index (χ2n) is 4.64. The molecule has 0 bridgehead atoms. The molecule has 1 aliphatic heterocycles. The normalized spacial score (nSPS) is 23.5. The van der Waals surface area contributed by atoms with Gasteiger partial charge in [0, 0.05) is 19.7 Å². The minimum Gasteiger partial charge on any atom is -0.396 e. The van der Waals surface area contributed by atoms with Crippen LogP contribution in [0.5, 0.6) is 0 Å². The molecule has 0 aromatic heterocycles. The summed E-state index contributed by atoms with van der Waals surface area (Å²) in [5, 5.41) is 8.65. The summed E-state index contributed by atoms with van der Waals surface area (Å²) in [4.78, 5) is 13.8. The van der Waals surface area contributed by atoms with E-state index in [1.807, 2.05) is 18.7 Å². The molecule has 1 amide bonds. The average molecular weight is 231 g/mol. The summed E-state index contributed by atoms with van der Waals surface area (Å²) in [6.07, 6.45) is 1.83. The van der Waals surface area contributed by atoms with Gasteiger partial charge in [0.05, 0.1) is 5.25 Å². The fraction of sp³-hybridized carbons (Fsp3) is 0.909. The van der Waals surface area contributed by atoms with E-state index < -0.39 is 0 Å². The zero-order valence-corrected chi connectivity index (χ0v) is 10.4. The van der Waals surface area contributed by atoms with Gasteiger partial charge in [0.1, 0.15) is 0 Å². The van der Waals surface area contributed by atoms with E-state index >= 15 is 0 Å². The van der Waals surface area contributed by atoms with Crippen molar-refractivity contribution >= 4 is 18.5 Å². The largest absolute Gasteiger partial charge is 0.396 e. The average Bonchev–Trinajstić information content (AvgIpc) is 2.64. The van der Waals surface area contributed by atoms with Crippen LogP contribution in [0.3, 0.4) is 0 Å². The van der Waals surface area contributed by atoms with E-state index in [-0.39, 0.29) is 23.7 Å². The van der Waals surface area contributed by atoms with Gasteiger partial charge in [-0.25, -0.2) is 0 Å². The molecule has 0 aromatic carbocycles. The van der Waals surface area contributed by atoms with Crippen molar-refractivity contribution in [2.75, 3.05) is 19.7 Å². The molecule has 4 heteroatoms. The summed E-state index contributed by atoms with van der Waals surface area (Å²) in [6.45, 7) is 5.87. The Morgan fingerprint density at radius 3 is 2.80 bits per heavy atom. The number of carbonyl (C=O) groups is 1. The third kappa shape index (κ3) is 3.38. The highest BCUT2D eigenvalue weighted by Crippen LogP contribution is 2.22. The summed E-state index contributed by atoms with van der Waals surface area (Å²) in [6, 6.07) is 0. The zero-order chi connectivity index (χ0) is 11.4. The number of nitrogens with zero attached hydrogens (tertiary/aromatic N) is 1. The highest BCUT2D eigenvalue weighted by Gasteiger charge is 2.30. The minimum absolute atomic E-state index is 0.147. The van der Waals surface area contributed by atoms with E-state index in [2.05, 4.69) is 12.6 Å². The SMILES string of the molecule is CC(C)C(S)C(=O)N1CCC(CCO)C1. The van der Waals surface area contributed by atoms with Crippen molar-refractivity contribution in [2.24, 2.45) is 11.8 Å². The van der Waals surface area contributed by atoms with Gasteiger partial charge in [0.2, 0.25) is 5.91 Å². The number of hydrogen-bond acceptors (Lipinski definition) is 3. The summed E-state index contributed by atoms with van der Waals surface area (Å²) in [5.41, 5.74) is 0. The molecule has 2 unspecified atom stereocenters. The van der Waals surface area contributed by atoms with Crippen molar-refractivity contribution in [2.45, 2.75) is 31.9 Å². The minimum atomic E-state index is -0.183. The molecule has 0 saturated carbocycles. The number of aliphatic hydroxyl groups excluding tert-OH is 1. The van der Waals surface area contributed by atoms with Gasteiger partial charge in [-0.05, 0) is 24.7 Å². The van der Waals surface area contributed by atoms with E-state index in [1.165, 1.54) is 0 Å². The number of carbonyl (C=O) groups excluding carboxylic acids is 1. The lowest BCUT2D eigenvalue weighted by atomic mass is 10.1. The molecule has 1 fully saturated rings. The molecule has 1 aliphatic rings. The number of amides is 1. The van der Waals surface area contributed by atoms with Crippen molar-refractivity contribution < 1.29 is 9.90 Å². The summed E-state index contributed by atoms with van der Waals surface area (Å²) >= 11 is 4.34. The third-order valence-corrected chi connectivity index (χ3v) is 3.84. The number of aliphatic hydroxyl groups is 1. The Kier molecular flexibility index (Phi) is 4.93. The van der Waals surface area contributed by atoms with Gasteiger partial charge in [-0.3, -0.25) is 4.79 Å². The number of rotatable bonds is 4. The first-order valence-electron chi connectivity index (χ1n) is 5.64. The first kappa shape index (κ1) is 12.8. The summed E-state index contributed by atoms with van der Waals surface area (Å²) in [7, 11) is 0. The second-order valence-corrected chi connectivity index (χ2v) is 5.20. The first-order chi connectivity index (χ1) is 7.06. The van der Waals surface area contributed by atoms with E-state index in [1.54, 1.807) is 0 Å². The molecular weight excluding hydrogens is 210 g/mol. The van der Waals surface area contributed by atoms with Crippen molar-refractivity contribution in [1.29, 1.82) is 0 Å². The Hall–Kier alpha value is -0.220. The fourth-order valence-electron chi connectivity index (χ4n) is 1.92. The van der Waals surface area contributed by atoms with Crippen LogP contribution in [0.15, 0.2) is 0 Å². The lowest BCUT2D eigenvalue weighted by molar-refractivity contribution is -0.130. The molecule has 1 N–H and O–H groups in total. The molecule has 0 radical (unpaired) electrons. The molecular formula is C11H21NO2S. The number of thiol groups is 1. The lowest BCUT2D eigenvalue weighted by Crippen LogP contribution is -2.37. The van der Waals surface area contributed by atoms with E-state index in [4.69, 9.17) is 5.11 Å². The van der Waals surface area contributed by atoms with Crippen LogP contribution in [0, 0.1) is 11.8 Å². The fourth-order valence-corrected chi connectivity index (χ4v) is 2.09. The van der Waals surface area contributed by atoms with Gasteiger partial charge in [-0.1, -0.05) is 13.8 Å². The monoisotopic (exact) mass is 231 g/mol. The highest BCUT2D eigenvalue weighted by molar-refractivity contribution is 7.81. The second kappa shape index (κ2) is 5.75.